The molecule has 0 unspecified atom stereocenters. The van der Waals surface area contributed by atoms with Crippen LogP contribution in [0.25, 0.3) is 0 Å². The van der Waals surface area contributed by atoms with E-state index in [1.807, 2.05) is 30.9 Å². The predicted molar refractivity (Wildman–Crippen MR) is 91.4 cm³/mol. The molecule has 0 heterocycles. The van der Waals surface area contributed by atoms with Crippen molar-refractivity contribution >= 4 is 5.96 Å². The Kier molecular flexibility index (Phi) is 8.36. The molecule has 0 aliphatic rings. The quantitative estimate of drug-likeness (QED) is 0.433. The van der Waals surface area contributed by atoms with Gasteiger partial charge in [0.05, 0.1) is 13.2 Å². The van der Waals surface area contributed by atoms with Crippen LogP contribution in [0.15, 0.2) is 23.2 Å². The monoisotopic (exact) mass is 307 g/mol. The molecule has 22 heavy (non-hydrogen) atoms. The number of ether oxygens (including phenoxy) is 2. The van der Waals surface area contributed by atoms with Gasteiger partial charge in [0.15, 0.2) is 5.96 Å². The first-order valence-corrected chi connectivity index (χ1v) is 7.97. The van der Waals surface area contributed by atoms with E-state index in [2.05, 4.69) is 24.9 Å². The number of nitrogens with zero attached hydrogens (tertiary/aromatic N) is 2. The van der Waals surface area contributed by atoms with Gasteiger partial charge in [0.1, 0.15) is 12.4 Å². The summed E-state index contributed by atoms with van der Waals surface area (Å²) in [4.78, 5) is 6.51. The van der Waals surface area contributed by atoms with E-state index in [1.165, 1.54) is 0 Å². The highest BCUT2D eigenvalue weighted by Gasteiger charge is 2.06. The van der Waals surface area contributed by atoms with Gasteiger partial charge in [-0.15, -0.1) is 0 Å². The number of hydrogen-bond acceptors (Lipinski definition) is 3. The molecule has 2 N–H and O–H groups in total. The van der Waals surface area contributed by atoms with Gasteiger partial charge in [-0.05, 0) is 39.3 Å². The minimum Gasteiger partial charge on any atom is -0.491 e. The molecule has 0 aliphatic heterocycles. The second kappa shape index (κ2) is 10.1. The molecule has 0 fully saturated rings. The van der Waals surface area contributed by atoms with Crippen molar-refractivity contribution in [2.24, 2.45) is 10.7 Å². The fourth-order valence-electron chi connectivity index (χ4n) is 2.10. The molecular weight excluding hydrogens is 278 g/mol. The largest absolute Gasteiger partial charge is 0.491 e. The van der Waals surface area contributed by atoms with Crippen LogP contribution >= 0.6 is 0 Å². The van der Waals surface area contributed by atoms with Crippen molar-refractivity contribution in [3.63, 3.8) is 0 Å². The summed E-state index contributed by atoms with van der Waals surface area (Å²) < 4.78 is 11.1. The average molecular weight is 307 g/mol. The maximum absolute atomic E-state index is 6.02. The van der Waals surface area contributed by atoms with E-state index in [0.29, 0.717) is 32.3 Å². The summed E-state index contributed by atoms with van der Waals surface area (Å²) in [6.45, 7) is 12.2. The Hall–Kier alpha value is -1.75. The first-order chi connectivity index (χ1) is 10.6. The number of rotatable bonds is 9. The maximum atomic E-state index is 6.02. The lowest BCUT2D eigenvalue weighted by molar-refractivity contribution is 0.110. The van der Waals surface area contributed by atoms with Gasteiger partial charge in [-0.2, -0.15) is 0 Å². The van der Waals surface area contributed by atoms with Gasteiger partial charge < -0.3 is 20.1 Å². The Morgan fingerprint density at radius 1 is 1.18 bits per heavy atom. The molecule has 0 bridgehead atoms. The van der Waals surface area contributed by atoms with E-state index in [9.17, 15) is 0 Å². The zero-order valence-corrected chi connectivity index (χ0v) is 14.3. The van der Waals surface area contributed by atoms with E-state index in [1.54, 1.807) is 0 Å². The van der Waals surface area contributed by atoms with Crippen molar-refractivity contribution in [1.29, 1.82) is 0 Å². The highest BCUT2D eigenvalue weighted by molar-refractivity contribution is 5.78. The first kappa shape index (κ1) is 18.3. The highest BCUT2D eigenvalue weighted by Crippen LogP contribution is 2.21. The third kappa shape index (κ3) is 5.93. The SMILES string of the molecule is CCOCCOc1cc(C)ccc1CN=C(N)N(CC)CC. The molecule has 124 valence electrons. The third-order valence-electron chi connectivity index (χ3n) is 3.41. The molecule has 0 atom stereocenters. The molecule has 5 nitrogen and oxygen atoms in total. The van der Waals surface area contributed by atoms with Crippen LogP contribution < -0.4 is 10.5 Å². The van der Waals surface area contributed by atoms with E-state index >= 15 is 0 Å². The van der Waals surface area contributed by atoms with Crippen LogP contribution in [-0.4, -0.2) is 43.8 Å². The van der Waals surface area contributed by atoms with Crippen LogP contribution in [-0.2, 0) is 11.3 Å². The van der Waals surface area contributed by atoms with E-state index in [-0.39, 0.29) is 0 Å². The summed E-state index contributed by atoms with van der Waals surface area (Å²) in [5.41, 5.74) is 8.22. The number of aliphatic imine (C=N–C) groups is 1. The molecule has 5 heteroatoms. The van der Waals surface area contributed by atoms with Crippen LogP contribution in [0.1, 0.15) is 31.9 Å². The van der Waals surface area contributed by atoms with Crippen molar-refractivity contribution in [2.45, 2.75) is 34.2 Å². The Morgan fingerprint density at radius 2 is 1.91 bits per heavy atom. The Labute approximate surface area is 134 Å². The predicted octanol–water partition coefficient (Wildman–Crippen LogP) is 2.57. The summed E-state index contributed by atoms with van der Waals surface area (Å²) >= 11 is 0. The smallest absolute Gasteiger partial charge is 0.191 e. The molecular formula is C17H29N3O2. The molecule has 1 aromatic carbocycles. The molecule has 1 aromatic rings. The van der Waals surface area contributed by atoms with Gasteiger partial charge in [0.2, 0.25) is 0 Å². The molecule has 0 aliphatic carbocycles. The minimum atomic E-state index is 0.520. The van der Waals surface area contributed by atoms with Crippen LogP contribution in [0.4, 0.5) is 0 Å². The Morgan fingerprint density at radius 3 is 2.55 bits per heavy atom. The van der Waals surface area contributed by atoms with Crippen LogP contribution in [0.5, 0.6) is 5.75 Å². The van der Waals surface area contributed by atoms with Crippen LogP contribution in [0.2, 0.25) is 0 Å². The van der Waals surface area contributed by atoms with Crippen molar-refractivity contribution < 1.29 is 9.47 Å². The Bertz CT molecular complexity index is 471. The second-order valence-electron chi connectivity index (χ2n) is 5.00. The standard InChI is InChI=1S/C17H29N3O2/c1-5-20(6-2)17(18)19-13-15-9-8-14(4)12-16(15)22-11-10-21-7-3/h8-9,12H,5-7,10-11,13H2,1-4H3,(H2,18,19). The molecule has 1 rings (SSSR count). The summed E-state index contributed by atoms with van der Waals surface area (Å²) in [6, 6.07) is 6.14. The van der Waals surface area contributed by atoms with Gasteiger partial charge in [-0.3, -0.25) is 0 Å². The van der Waals surface area contributed by atoms with Gasteiger partial charge in [0, 0.05) is 25.3 Å². The zero-order chi connectivity index (χ0) is 16.4. The topological polar surface area (TPSA) is 60.1 Å². The van der Waals surface area contributed by atoms with Gasteiger partial charge in [-0.1, -0.05) is 12.1 Å². The molecule has 0 saturated heterocycles. The first-order valence-electron chi connectivity index (χ1n) is 7.97. The summed E-state index contributed by atoms with van der Waals surface area (Å²) in [7, 11) is 0. The minimum absolute atomic E-state index is 0.520. The van der Waals surface area contributed by atoms with Crippen LogP contribution in [0, 0.1) is 6.92 Å². The lowest BCUT2D eigenvalue weighted by Gasteiger charge is -2.19. The molecule has 0 amide bonds. The van der Waals surface area contributed by atoms with E-state index in [0.717, 1.165) is 30.0 Å². The van der Waals surface area contributed by atoms with Gasteiger partial charge >= 0.3 is 0 Å². The summed E-state index contributed by atoms with van der Waals surface area (Å²) in [5, 5.41) is 0. The number of benzene rings is 1. The highest BCUT2D eigenvalue weighted by atomic mass is 16.5. The molecule has 0 aromatic heterocycles. The fourth-order valence-corrected chi connectivity index (χ4v) is 2.10. The second-order valence-corrected chi connectivity index (χ2v) is 5.00. The summed E-state index contributed by atoms with van der Waals surface area (Å²) in [6.07, 6.45) is 0. The molecule has 0 radical (unpaired) electrons. The van der Waals surface area contributed by atoms with Gasteiger partial charge in [0.25, 0.3) is 0 Å². The van der Waals surface area contributed by atoms with Crippen molar-refractivity contribution in [2.75, 3.05) is 32.9 Å². The molecule has 0 spiro atoms. The number of nitrogens with two attached hydrogens (primary N) is 1. The maximum Gasteiger partial charge on any atom is 0.191 e. The number of guanidine groups is 1. The van der Waals surface area contributed by atoms with Crippen LogP contribution in [0.3, 0.4) is 0 Å². The number of aryl methyl sites for hydroxylation is 1. The normalized spacial score (nSPS) is 11.5. The lowest BCUT2D eigenvalue weighted by atomic mass is 10.1. The van der Waals surface area contributed by atoms with Gasteiger partial charge in [-0.25, -0.2) is 4.99 Å². The lowest BCUT2D eigenvalue weighted by Crippen LogP contribution is -2.37. The van der Waals surface area contributed by atoms with E-state index < -0.39 is 0 Å². The van der Waals surface area contributed by atoms with Crippen molar-refractivity contribution in [1.82, 2.24) is 4.90 Å². The zero-order valence-electron chi connectivity index (χ0n) is 14.3. The third-order valence-corrected chi connectivity index (χ3v) is 3.41. The van der Waals surface area contributed by atoms with Crippen molar-refractivity contribution in [3.05, 3.63) is 29.3 Å². The molecule has 0 saturated carbocycles. The number of hydrogen-bond donors (Lipinski definition) is 1. The van der Waals surface area contributed by atoms with E-state index in [4.69, 9.17) is 15.2 Å². The average Bonchev–Trinajstić information content (AvgIpc) is 2.52. The fraction of sp³-hybridized carbons (Fsp3) is 0.588. The Balaban J connectivity index is 2.74. The summed E-state index contributed by atoms with van der Waals surface area (Å²) in [5.74, 6) is 1.43. The van der Waals surface area contributed by atoms with Crippen molar-refractivity contribution in [3.8, 4) is 5.75 Å².